The minimum absolute atomic E-state index is 0.643. The third-order valence-electron chi connectivity index (χ3n) is 3.73. The number of aryl methyl sites for hydroxylation is 2. The van der Waals surface area contributed by atoms with Gasteiger partial charge >= 0.3 is 0 Å². The third kappa shape index (κ3) is 2.34. The van der Waals surface area contributed by atoms with Crippen LogP contribution >= 0.6 is 11.3 Å². The van der Waals surface area contributed by atoms with Gasteiger partial charge in [0.05, 0.1) is 5.39 Å². The summed E-state index contributed by atoms with van der Waals surface area (Å²) in [5.41, 5.74) is 1.53. The Morgan fingerprint density at radius 1 is 1.26 bits per heavy atom. The maximum Gasteiger partial charge on any atom is 0.140 e. The zero-order valence-electron chi connectivity index (χ0n) is 11.9. The van der Waals surface area contributed by atoms with Crippen LogP contribution in [-0.4, -0.2) is 23.6 Å². The minimum atomic E-state index is 0.643. The number of aromatic nitrogens is 2. The summed E-state index contributed by atoms with van der Waals surface area (Å²) in [5, 5.41) is 1.32. The first-order valence-electron chi connectivity index (χ1n) is 7.13. The van der Waals surface area contributed by atoms with E-state index in [1.165, 1.54) is 41.5 Å². The van der Waals surface area contributed by atoms with Crippen LogP contribution in [0.3, 0.4) is 0 Å². The summed E-state index contributed by atoms with van der Waals surface area (Å²) in [6.07, 6.45) is 6.77. The molecule has 0 amide bonds. The van der Waals surface area contributed by atoms with Gasteiger partial charge < -0.3 is 4.90 Å². The van der Waals surface area contributed by atoms with Gasteiger partial charge in [-0.25, -0.2) is 9.97 Å². The topological polar surface area (TPSA) is 29.0 Å². The van der Waals surface area contributed by atoms with Gasteiger partial charge in [0.15, 0.2) is 0 Å². The van der Waals surface area contributed by atoms with Crippen LogP contribution in [0.2, 0.25) is 0 Å². The first-order chi connectivity index (χ1) is 9.16. The van der Waals surface area contributed by atoms with E-state index in [2.05, 4.69) is 35.8 Å². The summed E-state index contributed by atoms with van der Waals surface area (Å²) in [4.78, 5) is 14.1. The molecule has 0 spiro atoms. The van der Waals surface area contributed by atoms with Crippen LogP contribution in [0.15, 0.2) is 6.33 Å². The molecule has 19 heavy (non-hydrogen) atoms. The third-order valence-corrected chi connectivity index (χ3v) is 4.93. The molecule has 0 saturated carbocycles. The monoisotopic (exact) mass is 275 g/mol. The fourth-order valence-corrected chi connectivity index (χ4v) is 4.22. The molecule has 2 aromatic rings. The van der Waals surface area contributed by atoms with Crippen molar-refractivity contribution in [3.8, 4) is 0 Å². The summed E-state index contributed by atoms with van der Waals surface area (Å²) >= 11 is 1.87. The van der Waals surface area contributed by atoms with E-state index in [1.807, 2.05) is 11.3 Å². The number of anilines is 1. The van der Waals surface area contributed by atoms with Crippen LogP contribution in [0.1, 0.15) is 37.1 Å². The van der Waals surface area contributed by atoms with Crippen LogP contribution in [-0.2, 0) is 12.8 Å². The van der Waals surface area contributed by atoms with Crippen molar-refractivity contribution in [3.05, 3.63) is 16.8 Å². The number of nitrogens with zero attached hydrogens (tertiary/aromatic N) is 3. The largest absolute Gasteiger partial charge is 0.359 e. The molecule has 3 nitrogen and oxygen atoms in total. The highest BCUT2D eigenvalue weighted by atomic mass is 32.1. The zero-order chi connectivity index (χ0) is 13.4. The van der Waals surface area contributed by atoms with Crippen LogP contribution in [0, 0.1) is 5.92 Å². The molecule has 0 saturated heterocycles. The second-order valence-electron chi connectivity index (χ2n) is 5.86. The number of hydrogen-bond acceptors (Lipinski definition) is 4. The summed E-state index contributed by atoms with van der Waals surface area (Å²) in [7, 11) is 2.15. The Kier molecular flexibility index (Phi) is 3.44. The van der Waals surface area contributed by atoms with Crippen molar-refractivity contribution in [2.75, 3.05) is 18.5 Å². The highest BCUT2D eigenvalue weighted by Gasteiger charge is 2.21. The number of hydrogen-bond donors (Lipinski definition) is 0. The first-order valence-corrected chi connectivity index (χ1v) is 7.95. The molecule has 0 fully saturated rings. The van der Waals surface area contributed by atoms with Gasteiger partial charge in [0, 0.05) is 18.5 Å². The van der Waals surface area contributed by atoms with Crippen molar-refractivity contribution in [1.82, 2.24) is 9.97 Å². The van der Waals surface area contributed by atoms with E-state index in [-0.39, 0.29) is 0 Å². The summed E-state index contributed by atoms with van der Waals surface area (Å²) in [6, 6.07) is 0. The summed E-state index contributed by atoms with van der Waals surface area (Å²) in [6.45, 7) is 5.53. The Morgan fingerprint density at radius 3 is 2.84 bits per heavy atom. The second-order valence-corrected chi connectivity index (χ2v) is 6.95. The SMILES string of the molecule is CC(C)CN(C)c1ncnc2sc3c(c12)CCCC3. The van der Waals surface area contributed by atoms with Crippen LogP contribution < -0.4 is 4.90 Å². The van der Waals surface area contributed by atoms with Gasteiger partial charge in [0.2, 0.25) is 0 Å². The molecule has 2 aromatic heterocycles. The van der Waals surface area contributed by atoms with E-state index in [1.54, 1.807) is 11.2 Å². The lowest BCUT2D eigenvalue weighted by atomic mass is 9.97. The maximum atomic E-state index is 4.56. The quantitative estimate of drug-likeness (QED) is 0.856. The standard InChI is InChI=1S/C15H21N3S/c1-10(2)8-18(3)14-13-11-6-4-5-7-12(11)19-15(13)17-9-16-14/h9-10H,4-8H2,1-3H3. The highest BCUT2D eigenvalue weighted by Crippen LogP contribution is 2.38. The van der Waals surface area contributed by atoms with Crippen molar-refractivity contribution >= 4 is 27.4 Å². The van der Waals surface area contributed by atoms with Crippen molar-refractivity contribution in [3.63, 3.8) is 0 Å². The molecule has 0 atom stereocenters. The zero-order valence-corrected chi connectivity index (χ0v) is 12.8. The number of rotatable bonds is 3. The molecule has 0 bridgehead atoms. The van der Waals surface area contributed by atoms with Gasteiger partial charge in [0.25, 0.3) is 0 Å². The van der Waals surface area contributed by atoms with E-state index in [0.29, 0.717) is 5.92 Å². The van der Waals surface area contributed by atoms with Gasteiger partial charge in [-0.3, -0.25) is 0 Å². The molecule has 1 aliphatic rings. The lowest BCUT2D eigenvalue weighted by Gasteiger charge is -2.22. The highest BCUT2D eigenvalue weighted by molar-refractivity contribution is 7.19. The number of fused-ring (bicyclic) bond motifs is 3. The molecule has 4 heteroatoms. The van der Waals surface area contributed by atoms with Crippen molar-refractivity contribution < 1.29 is 0 Å². The lowest BCUT2D eigenvalue weighted by Crippen LogP contribution is -2.23. The molecule has 0 unspecified atom stereocenters. The molecular formula is C15H21N3S. The van der Waals surface area contributed by atoms with Gasteiger partial charge in [0.1, 0.15) is 17.0 Å². The van der Waals surface area contributed by atoms with Crippen molar-refractivity contribution in [2.24, 2.45) is 5.92 Å². The molecule has 3 rings (SSSR count). The Balaban J connectivity index is 2.11. The van der Waals surface area contributed by atoms with Gasteiger partial charge in [-0.15, -0.1) is 11.3 Å². The van der Waals surface area contributed by atoms with Gasteiger partial charge in [-0.2, -0.15) is 0 Å². The molecule has 0 aromatic carbocycles. The van der Waals surface area contributed by atoms with Crippen molar-refractivity contribution in [2.45, 2.75) is 39.5 Å². The summed E-state index contributed by atoms with van der Waals surface area (Å²) in [5.74, 6) is 1.77. The Bertz CT molecular complexity index is 588. The molecule has 0 N–H and O–H groups in total. The molecule has 0 aliphatic heterocycles. The molecule has 1 aliphatic carbocycles. The fourth-order valence-electron chi connectivity index (χ4n) is 3.00. The van der Waals surface area contributed by atoms with E-state index in [4.69, 9.17) is 0 Å². The maximum absolute atomic E-state index is 4.56. The molecule has 2 heterocycles. The molecule has 102 valence electrons. The van der Waals surface area contributed by atoms with Gasteiger partial charge in [-0.05, 0) is 37.2 Å². The first kappa shape index (κ1) is 12.9. The van der Waals surface area contributed by atoms with Crippen LogP contribution in [0.4, 0.5) is 5.82 Å². The van der Waals surface area contributed by atoms with E-state index >= 15 is 0 Å². The van der Waals surface area contributed by atoms with Crippen LogP contribution in [0.25, 0.3) is 10.2 Å². The predicted molar refractivity (Wildman–Crippen MR) is 82.2 cm³/mol. The van der Waals surface area contributed by atoms with E-state index in [9.17, 15) is 0 Å². The van der Waals surface area contributed by atoms with E-state index < -0.39 is 0 Å². The van der Waals surface area contributed by atoms with E-state index in [0.717, 1.165) is 12.4 Å². The normalized spacial score (nSPS) is 14.9. The molecule has 0 radical (unpaired) electrons. The lowest BCUT2D eigenvalue weighted by molar-refractivity contribution is 0.635. The Hall–Kier alpha value is -1.16. The fraction of sp³-hybridized carbons (Fsp3) is 0.600. The average molecular weight is 275 g/mol. The average Bonchev–Trinajstić information content (AvgIpc) is 2.76. The molecular weight excluding hydrogens is 254 g/mol. The number of thiophene rings is 1. The van der Waals surface area contributed by atoms with Crippen molar-refractivity contribution in [1.29, 1.82) is 0 Å². The van der Waals surface area contributed by atoms with Gasteiger partial charge in [-0.1, -0.05) is 13.8 Å². The Labute approximate surface area is 118 Å². The predicted octanol–water partition coefficient (Wildman–Crippen LogP) is 3.66. The summed E-state index contributed by atoms with van der Waals surface area (Å²) < 4.78 is 0. The smallest absolute Gasteiger partial charge is 0.140 e. The minimum Gasteiger partial charge on any atom is -0.359 e. The Morgan fingerprint density at radius 2 is 2.05 bits per heavy atom. The van der Waals surface area contributed by atoms with Crippen LogP contribution in [0.5, 0.6) is 0 Å². The second kappa shape index (κ2) is 5.08.